The molecular formula is C18H14N2O2. The molecule has 0 radical (unpaired) electrons. The van der Waals surface area contributed by atoms with Crippen LogP contribution in [0.1, 0.15) is 21.8 Å². The Morgan fingerprint density at radius 1 is 1.05 bits per heavy atom. The zero-order valence-corrected chi connectivity index (χ0v) is 11.8. The number of anilines is 1. The van der Waals surface area contributed by atoms with E-state index in [-0.39, 0.29) is 11.7 Å². The van der Waals surface area contributed by atoms with Gasteiger partial charge in [-0.25, -0.2) is 0 Å². The number of nitrogens with zero attached hydrogens (tertiary/aromatic N) is 1. The predicted octanol–water partition coefficient (Wildman–Crippen LogP) is 4.10. The molecule has 0 bridgehead atoms. The van der Waals surface area contributed by atoms with Crippen LogP contribution >= 0.6 is 0 Å². The normalized spacial score (nSPS) is 10.7. The van der Waals surface area contributed by atoms with Crippen molar-refractivity contribution in [3.8, 4) is 0 Å². The Morgan fingerprint density at radius 2 is 2.00 bits per heavy atom. The van der Waals surface area contributed by atoms with Crippen LogP contribution in [-0.4, -0.2) is 10.9 Å². The van der Waals surface area contributed by atoms with E-state index in [0.717, 1.165) is 11.3 Å². The Bertz CT molecular complexity index is 778. The van der Waals surface area contributed by atoms with Crippen LogP contribution in [0.15, 0.2) is 71.5 Å². The number of pyridine rings is 1. The van der Waals surface area contributed by atoms with Gasteiger partial charge in [0, 0.05) is 11.9 Å². The molecule has 1 aromatic carbocycles. The Hall–Kier alpha value is -3.14. The second-order valence-electron chi connectivity index (χ2n) is 4.64. The molecule has 1 N–H and O–H groups in total. The second-order valence-corrected chi connectivity index (χ2v) is 4.64. The summed E-state index contributed by atoms with van der Waals surface area (Å²) < 4.78 is 5.07. The second kappa shape index (κ2) is 6.54. The van der Waals surface area contributed by atoms with Gasteiger partial charge in [-0.05, 0) is 48.0 Å². The monoisotopic (exact) mass is 290 g/mol. The standard InChI is InChI=1S/C18H14N2O2/c21-18(17-8-4-12-22-17)20-16-7-3-5-14(13-16)9-10-15-6-1-2-11-19-15/h1-13H,(H,20,21). The summed E-state index contributed by atoms with van der Waals surface area (Å²) in [5.41, 5.74) is 2.57. The summed E-state index contributed by atoms with van der Waals surface area (Å²) in [5.74, 6) is 0.0188. The third kappa shape index (κ3) is 3.49. The number of rotatable bonds is 4. The summed E-state index contributed by atoms with van der Waals surface area (Å²) in [4.78, 5) is 16.2. The van der Waals surface area contributed by atoms with Gasteiger partial charge in [0.05, 0.1) is 12.0 Å². The summed E-state index contributed by atoms with van der Waals surface area (Å²) in [6.45, 7) is 0. The lowest BCUT2D eigenvalue weighted by Gasteiger charge is -2.04. The van der Waals surface area contributed by atoms with Crippen molar-refractivity contribution in [2.75, 3.05) is 5.32 Å². The average molecular weight is 290 g/mol. The minimum Gasteiger partial charge on any atom is -0.459 e. The van der Waals surface area contributed by atoms with E-state index >= 15 is 0 Å². The lowest BCUT2D eigenvalue weighted by atomic mass is 10.1. The molecule has 2 heterocycles. The summed E-state index contributed by atoms with van der Waals surface area (Å²) in [5, 5.41) is 2.80. The molecule has 0 atom stereocenters. The largest absolute Gasteiger partial charge is 0.459 e. The SMILES string of the molecule is O=C(Nc1cccc(C=Cc2ccccn2)c1)c1ccco1. The van der Waals surface area contributed by atoms with Gasteiger partial charge in [0.25, 0.3) is 5.91 Å². The lowest BCUT2D eigenvalue weighted by molar-refractivity contribution is 0.0996. The molecule has 0 spiro atoms. The molecule has 0 aliphatic rings. The van der Waals surface area contributed by atoms with Crippen molar-refractivity contribution in [3.63, 3.8) is 0 Å². The molecule has 3 aromatic rings. The molecule has 0 unspecified atom stereocenters. The number of hydrogen-bond acceptors (Lipinski definition) is 3. The van der Waals surface area contributed by atoms with Crippen LogP contribution in [0.25, 0.3) is 12.2 Å². The van der Waals surface area contributed by atoms with Crippen LogP contribution in [0, 0.1) is 0 Å². The first-order chi connectivity index (χ1) is 10.8. The molecule has 0 aliphatic heterocycles. The van der Waals surface area contributed by atoms with E-state index in [1.807, 2.05) is 54.6 Å². The van der Waals surface area contributed by atoms with Crippen molar-refractivity contribution in [2.24, 2.45) is 0 Å². The van der Waals surface area contributed by atoms with Crippen LogP contribution in [0.5, 0.6) is 0 Å². The molecule has 4 heteroatoms. The fourth-order valence-corrected chi connectivity index (χ4v) is 1.98. The Balaban J connectivity index is 1.73. The maximum Gasteiger partial charge on any atom is 0.291 e. The molecule has 22 heavy (non-hydrogen) atoms. The smallest absolute Gasteiger partial charge is 0.291 e. The summed E-state index contributed by atoms with van der Waals surface area (Å²) >= 11 is 0. The summed E-state index contributed by atoms with van der Waals surface area (Å²) in [6, 6.07) is 16.6. The van der Waals surface area contributed by atoms with Crippen molar-refractivity contribution in [1.82, 2.24) is 4.98 Å². The average Bonchev–Trinajstić information content (AvgIpc) is 3.09. The van der Waals surface area contributed by atoms with Crippen LogP contribution < -0.4 is 5.32 Å². The van der Waals surface area contributed by atoms with Gasteiger partial charge in [-0.3, -0.25) is 9.78 Å². The third-order valence-corrected chi connectivity index (χ3v) is 3.02. The minimum absolute atomic E-state index is 0.268. The first-order valence-electron chi connectivity index (χ1n) is 6.85. The summed E-state index contributed by atoms with van der Waals surface area (Å²) in [7, 11) is 0. The molecule has 0 aliphatic carbocycles. The van der Waals surface area contributed by atoms with E-state index in [9.17, 15) is 4.79 Å². The van der Waals surface area contributed by atoms with Gasteiger partial charge in [-0.15, -0.1) is 0 Å². The maximum atomic E-state index is 11.9. The van der Waals surface area contributed by atoms with E-state index in [0.29, 0.717) is 5.69 Å². The van der Waals surface area contributed by atoms with E-state index < -0.39 is 0 Å². The maximum absolute atomic E-state index is 11.9. The Kier molecular flexibility index (Phi) is 4.11. The van der Waals surface area contributed by atoms with Gasteiger partial charge >= 0.3 is 0 Å². The molecule has 3 rings (SSSR count). The molecular weight excluding hydrogens is 276 g/mol. The number of furan rings is 1. The first kappa shape index (κ1) is 13.8. The number of hydrogen-bond donors (Lipinski definition) is 1. The van der Waals surface area contributed by atoms with Crippen LogP contribution in [0.2, 0.25) is 0 Å². The molecule has 0 saturated carbocycles. The van der Waals surface area contributed by atoms with Gasteiger partial charge < -0.3 is 9.73 Å². The van der Waals surface area contributed by atoms with Crippen molar-refractivity contribution in [3.05, 3.63) is 84.1 Å². The van der Waals surface area contributed by atoms with Crippen molar-refractivity contribution in [2.45, 2.75) is 0 Å². The fraction of sp³-hybridized carbons (Fsp3) is 0. The van der Waals surface area contributed by atoms with Crippen molar-refractivity contribution >= 4 is 23.7 Å². The van der Waals surface area contributed by atoms with E-state index in [4.69, 9.17) is 4.42 Å². The number of aromatic nitrogens is 1. The van der Waals surface area contributed by atoms with E-state index in [1.54, 1.807) is 18.3 Å². The van der Waals surface area contributed by atoms with E-state index in [2.05, 4.69) is 10.3 Å². The minimum atomic E-state index is -0.268. The third-order valence-electron chi connectivity index (χ3n) is 3.02. The predicted molar refractivity (Wildman–Crippen MR) is 86.3 cm³/mol. The highest BCUT2D eigenvalue weighted by Crippen LogP contribution is 2.14. The lowest BCUT2D eigenvalue weighted by Crippen LogP contribution is -2.10. The van der Waals surface area contributed by atoms with Crippen LogP contribution in [-0.2, 0) is 0 Å². The number of benzene rings is 1. The van der Waals surface area contributed by atoms with Gasteiger partial charge in [-0.2, -0.15) is 0 Å². The van der Waals surface area contributed by atoms with Crippen molar-refractivity contribution in [1.29, 1.82) is 0 Å². The van der Waals surface area contributed by atoms with Gasteiger partial charge in [-0.1, -0.05) is 24.3 Å². The van der Waals surface area contributed by atoms with Gasteiger partial charge in [0.15, 0.2) is 5.76 Å². The van der Waals surface area contributed by atoms with Gasteiger partial charge in [0.1, 0.15) is 0 Å². The summed E-state index contributed by atoms with van der Waals surface area (Å²) in [6.07, 6.45) is 7.10. The highest BCUT2D eigenvalue weighted by atomic mass is 16.3. The van der Waals surface area contributed by atoms with Crippen molar-refractivity contribution < 1.29 is 9.21 Å². The number of amides is 1. The van der Waals surface area contributed by atoms with Crippen LogP contribution in [0.3, 0.4) is 0 Å². The zero-order chi connectivity index (χ0) is 15.2. The fourth-order valence-electron chi connectivity index (χ4n) is 1.98. The molecule has 2 aromatic heterocycles. The molecule has 1 amide bonds. The molecule has 0 fully saturated rings. The Morgan fingerprint density at radius 3 is 2.77 bits per heavy atom. The topological polar surface area (TPSA) is 55.1 Å². The number of carbonyl (C=O) groups is 1. The number of carbonyl (C=O) groups excluding carboxylic acids is 1. The highest BCUT2D eigenvalue weighted by molar-refractivity contribution is 6.02. The van der Waals surface area contributed by atoms with E-state index in [1.165, 1.54) is 6.26 Å². The Labute approximate surface area is 128 Å². The van der Waals surface area contributed by atoms with Crippen LogP contribution in [0.4, 0.5) is 5.69 Å². The highest BCUT2D eigenvalue weighted by Gasteiger charge is 2.08. The molecule has 108 valence electrons. The first-order valence-corrected chi connectivity index (χ1v) is 6.85. The molecule has 0 saturated heterocycles. The zero-order valence-electron chi connectivity index (χ0n) is 11.8. The quantitative estimate of drug-likeness (QED) is 0.787. The molecule has 4 nitrogen and oxygen atoms in total. The number of nitrogens with one attached hydrogen (secondary N) is 1. The van der Waals surface area contributed by atoms with Gasteiger partial charge in [0.2, 0.25) is 0 Å².